The lowest BCUT2D eigenvalue weighted by molar-refractivity contribution is -0.159. The molecule has 1 unspecified atom stereocenters. The van der Waals surface area contributed by atoms with Crippen LogP contribution >= 0.6 is 0 Å². The van der Waals surface area contributed by atoms with E-state index in [1.807, 2.05) is 0 Å². The highest BCUT2D eigenvalue weighted by Crippen LogP contribution is 2.36. The van der Waals surface area contributed by atoms with Gasteiger partial charge in [0.05, 0.1) is 0 Å². The van der Waals surface area contributed by atoms with Crippen molar-refractivity contribution in [2.75, 3.05) is 19.8 Å². The van der Waals surface area contributed by atoms with Crippen LogP contribution in [0.3, 0.4) is 0 Å². The molecule has 1 aliphatic heterocycles. The Morgan fingerprint density at radius 2 is 1.64 bits per heavy atom. The maximum absolute atomic E-state index is 14.1. The summed E-state index contributed by atoms with van der Waals surface area (Å²) in [5, 5.41) is 2.55. The van der Waals surface area contributed by atoms with E-state index < -0.39 is 8.32 Å². The molecule has 0 aliphatic carbocycles. The molecule has 0 aromatic heterocycles. The summed E-state index contributed by atoms with van der Waals surface area (Å²) in [6.45, 7) is 8.23. The van der Waals surface area contributed by atoms with Gasteiger partial charge in [0, 0.05) is 13.2 Å². The number of ether oxygens (including phenoxy) is 2. The highest BCUT2D eigenvalue weighted by atomic mass is 28.4. The first kappa shape index (κ1) is 25.8. The summed E-state index contributed by atoms with van der Waals surface area (Å²) in [6.07, 6.45) is 6.85. The highest BCUT2D eigenvalue weighted by molar-refractivity contribution is 6.99. The maximum atomic E-state index is 14.1. The number of hydrogen-bond donors (Lipinski definition) is 0. The summed E-state index contributed by atoms with van der Waals surface area (Å²) < 4.78 is 32.0. The van der Waals surface area contributed by atoms with Crippen molar-refractivity contribution in [3.05, 3.63) is 72.6 Å². The molecular weight excluding hydrogens is 431 g/mol. The lowest BCUT2D eigenvalue weighted by Crippen LogP contribution is -2.66. The van der Waals surface area contributed by atoms with Crippen LogP contribution in [0.1, 0.15) is 59.3 Å². The van der Waals surface area contributed by atoms with Gasteiger partial charge in [-0.3, -0.25) is 0 Å². The monoisotopic (exact) mass is 470 g/mol. The van der Waals surface area contributed by atoms with Gasteiger partial charge in [-0.2, -0.15) is 0 Å². The van der Waals surface area contributed by atoms with Crippen LogP contribution in [-0.4, -0.2) is 34.4 Å². The fourth-order valence-electron chi connectivity index (χ4n) is 4.57. The molecule has 3 rings (SSSR count). The first-order valence-corrected chi connectivity index (χ1v) is 14.2. The van der Waals surface area contributed by atoms with Crippen molar-refractivity contribution < 1.29 is 18.3 Å². The Morgan fingerprint density at radius 3 is 2.18 bits per heavy atom. The summed E-state index contributed by atoms with van der Waals surface area (Å²) in [5.41, 5.74) is 0. The lowest BCUT2D eigenvalue weighted by Gasteiger charge is -2.43. The summed E-state index contributed by atoms with van der Waals surface area (Å²) in [5.74, 6) is -0.211. The van der Waals surface area contributed by atoms with Gasteiger partial charge in [-0.15, -0.1) is 0 Å². The molecule has 0 amide bonds. The lowest BCUT2D eigenvalue weighted by atomic mass is 10.2. The van der Waals surface area contributed by atoms with Gasteiger partial charge in [0.15, 0.2) is 6.29 Å². The summed E-state index contributed by atoms with van der Waals surface area (Å²) in [4.78, 5) is 0. The molecule has 1 saturated heterocycles. The van der Waals surface area contributed by atoms with E-state index in [1.165, 1.54) is 10.4 Å². The molecule has 0 radical (unpaired) electrons. The first-order valence-electron chi connectivity index (χ1n) is 12.3. The Bertz CT molecular complexity index is 803. The van der Waals surface area contributed by atoms with Crippen molar-refractivity contribution >= 4 is 18.7 Å². The van der Waals surface area contributed by atoms with Crippen molar-refractivity contribution in [2.45, 2.75) is 70.6 Å². The zero-order valence-corrected chi connectivity index (χ0v) is 21.4. The van der Waals surface area contributed by atoms with Gasteiger partial charge >= 0.3 is 0 Å². The van der Waals surface area contributed by atoms with E-state index in [0.717, 1.165) is 32.1 Å². The molecule has 1 aliphatic rings. The van der Waals surface area contributed by atoms with Crippen LogP contribution in [-0.2, 0) is 13.9 Å². The summed E-state index contributed by atoms with van der Waals surface area (Å²) in [7, 11) is -2.49. The molecule has 180 valence electrons. The molecule has 3 nitrogen and oxygen atoms in total. The van der Waals surface area contributed by atoms with Crippen LogP contribution in [0.25, 0.3) is 0 Å². The molecule has 2 aromatic carbocycles. The van der Waals surface area contributed by atoms with E-state index in [1.54, 1.807) is 6.08 Å². The van der Waals surface area contributed by atoms with Gasteiger partial charge in [-0.1, -0.05) is 87.5 Å². The third kappa shape index (κ3) is 7.09. The van der Waals surface area contributed by atoms with Gasteiger partial charge < -0.3 is 13.9 Å². The number of rotatable bonds is 11. The fourth-order valence-corrected chi connectivity index (χ4v) is 9.17. The average Bonchev–Trinajstić information content (AvgIpc) is 2.83. The summed E-state index contributed by atoms with van der Waals surface area (Å²) >= 11 is 0. The first-order chi connectivity index (χ1) is 15.9. The molecule has 1 heterocycles. The number of halogens is 1. The third-order valence-corrected chi connectivity index (χ3v) is 11.3. The van der Waals surface area contributed by atoms with Crippen molar-refractivity contribution in [1.82, 2.24) is 0 Å². The Balaban J connectivity index is 1.57. The molecule has 1 atom stereocenters. The molecular formula is C28H39FO3Si. The Kier molecular flexibility index (Phi) is 9.87. The number of benzene rings is 2. The highest BCUT2D eigenvalue weighted by Gasteiger charge is 2.49. The second-order valence-corrected chi connectivity index (χ2v) is 14.1. The van der Waals surface area contributed by atoms with Gasteiger partial charge in [-0.25, -0.2) is 4.39 Å². The quantitative estimate of drug-likeness (QED) is 0.292. The number of hydrogen-bond acceptors (Lipinski definition) is 3. The van der Waals surface area contributed by atoms with E-state index in [-0.39, 0.29) is 23.8 Å². The SMILES string of the molecule is CC(C)(C)[Si](OCCCC/C=C(/F)COC1CCCCO1)(c1ccccc1)c1ccccc1. The molecule has 2 aromatic rings. The predicted molar refractivity (Wildman–Crippen MR) is 136 cm³/mol. The topological polar surface area (TPSA) is 27.7 Å². The van der Waals surface area contributed by atoms with Crippen LogP contribution in [0.15, 0.2) is 72.6 Å². The molecule has 1 fully saturated rings. The minimum Gasteiger partial charge on any atom is -0.407 e. The van der Waals surface area contributed by atoms with Gasteiger partial charge in [0.2, 0.25) is 0 Å². The summed E-state index contributed by atoms with van der Waals surface area (Å²) in [6, 6.07) is 21.3. The minimum absolute atomic E-state index is 0.00320. The molecule has 0 bridgehead atoms. The van der Waals surface area contributed by atoms with E-state index in [4.69, 9.17) is 13.9 Å². The molecule has 0 N–H and O–H groups in total. The normalized spacial score (nSPS) is 17.8. The largest absolute Gasteiger partial charge is 0.407 e. The van der Waals surface area contributed by atoms with Crippen molar-refractivity contribution in [2.24, 2.45) is 0 Å². The molecule has 5 heteroatoms. The van der Waals surface area contributed by atoms with Crippen molar-refractivity contribution in [1.29, 1.82) is 0 Å². The predicted octanol–water partition coefficient (Wildman–Crippen LogP) is 6.13. The Morgan fingerprint density at radius 1 is 1.00 bits per heavy atom. The van der Waals surface area contributed by atoms with Crippen molar-refractivity contribution in [3.63, 3.8) is 0 Å². The standard InChI is InChI=1S/C28H39FO3Si/c1-28(2,3)33(25-16-8-4-9-17-25,26-18-10-5-11-19-26)32-22-13-6-7-15-24(29)23-31-27-20-12-14-21-30-27/h4-5,8-11,15-19,27H,6-7,12-14,20-23H2,1-3H3/b24-15+. The van der Waals surface area contributed by atoms with Gasteiger partial charge in [0.1, 0.15) is 12.4 Å². The average molecular weight is 471 g/mol. The van der Waals surface area contributed by atoms with E-state index in [9.17, 15) is 4.39 Å². The van der Waals surface area contributed by atoms with Gasteiger partial charge in [0.25, 0.3) is 8.32 Å². The van der Waals surface area contributed by atoms with E-state index >= 15 is 0 Å². The maximum Gasteiger partial charge on any atom is 0.261 e. The number of allylic oxidation sites excluding steroid dienone is 1. The molecule has 0 saturated carbocycles. The van der Waals surface area contributed by atoms with Crippen LogP contribution < -0.4 is 10.4 Å². The fraction of sp³-hybridized carbons (Fsp3) is 0.500. The Labute approximate surface area is 200 Å². The van der Waals surface area contributed by atoms with Crippen LogP contribution in [0.5, 0.6) is 0 Å². The third-order valence-electron chi connectivity index (χ3n) is 6.24. The van der Waals surface area contributed by atoms with Crippen LogP contribution in [0, 0.1) is 0 Å². The van der Waals surface area contributed by atoms with E-state index in [2.05, 4.69) is 81.4 Å². The molecule has 0 spiro atoms. The smallest absolute Gasteiger partial charge is 0.261 e. The van der Waals surface area contributed by atoms with E-state index in [0.29, 0.717) is 19.6 Å². The second kappa shape index (κ2) is 12.6. The second-order valence-electron chi connectivity index (χ2n) is 9.77. The Hall–Kier alpha value is -1.79. The zero-order chi connectivity index (χ0) is 23.6. The zero-order valence-electron chi connectivity index (χ0n) is 20.4. The minimum atomic E-state index is -2.49. The molecule has 33 heavy (non-hydrogen) atoms. The van der Waals surface area contributed by atoms with Crippen LogP contribution in [0.4, 0.5) is 4.39 Å². The van der Waals surface area contributed by atoms with Crippen molar-refractivity contribution in [3.8, 4) is 0 Å². The number of unbranched alkanes of at least 4 members (excludes halogenated alkanes) is 2. The van der Waals surface area contributed by atoms with Crippen LogP contribution in [0.2, 0.25) is 5.04 Å². The van der Waals surface area contributed by atoms with Gasteiger partial charge in [-0.05, 0) is 53.9 Å².